The number of alkyl halides is 2. The topological polar surface area (TPSA) is 33.1 Å². The molecule has 1 aromatic rings. The molecule has 0 aliphatic rings. The summed E-state index contributed by atoms with van der Waals surface area (Å²) < 4.78 is 37.2. The first-order valence-electron chi connectivity index (χ1n) is 3.29. The molecule has 1 aromatic heterocycles. The Morgan fingerprint density at radius 1 is 1.54 bits per heavy atom. The van der Waals surface area contributed by atoms with Gasteiger partial charge in [-0.3, -0.25) is 0 Å². The van der Waals surface area contributed by atoms with Gasteiger partial charge in [0.25, 0.3) is 6.43 Å². The molecule has 1 heterocycles. The number of aromatic nitrogens is 1. The molecular formula is C7H5F3INO. The Labute approximate surface area is 85.9 Å². The molecule has 0 unspecified atom stereocenters. The minimum Gasteiger partial charge on any atom is -0.392 e. The number of hydrogen-bond acceptors (Lipinski definition) is 2. The summed E-state index contributed by atoms with van der Waals surface area (Å²) in [7, 11) is 0. The van der Waals surface area contributed by atoms with Gasteiger partial charge in [-0.2, -0.15) is 4.39 Å². The molecule has 0 saturated carbocycles. The normalized spacial score (nSPS) is 10.9. The van der Waals surface area contributed by atoms with E-state index in [1.165, 1.54) is 22.6 Å². The van der Waals surface area contributed by atoms with Crippen LogP contribution in [0.2, 0.25) is 0 Å². The predicted molar refractivity (Wildman–Crippen MR) is 47.8 cm³/mol. The van der Waals surface area contributed by atoms with Gasteiger partial charge in [-0.25, -0.2) is 13.8 Å². The maximum absolute atomic E-state index is 12.7. The van der Waals surface area contributed by atoms with Crippen molar-refractivity contribution < 1.29 is 18.3 Å². The van der Waals surface area contributed by atoms with Gasteiger partial charge in [-0.1, -0.05) is 0 Å². The number of nitrogens with zero attached hydrogens (tertiary/aromatic N) is 1. The lowest BCUT2D eigenvalue weighted by atomic mass is 10.1. The predicted octanol–water partition coefficient (Wildman–Crippen LogP) is 2.26. The van der Waals surface area contributed by atoms with Gasteiger partial charge in [-0.15, -0.1) is 0 Å². The quantitative estimate of drug-likeness (QED) is 0.671. The van der Waals surface area contributed by atoms with E-state index in [1.807, 2.05) is 0 Å². The lowest BCUT2D eigenvalue weighted by Crippen LogP contribution is -2.02. The van der Waals surface area contributed by atoms with E-state index in [9.17, 15) is 13.2 Å². The van der Waals surface area contributed by atoms with Gasteiger partial charge in [-0.05, 0) is 22.6 Å². The highest BCUT2D eigenvalue weighted by atomic mass is 127. The van der Waals surface area contributed by atoms with Crippen LogP contribution in [0.5, 0.6) is 0 Å². The largest absolute Gasteiger partial charge is 0.392 e. The van der Waals surface area contributed by atoms with E-state index in [4.69, 9.17) is 5.11 Å². The summed E-state index contributed by atoms with van der Waals surface area (Å²) in [6.45, 7) is -0.614. The van der Waals surface area contributed by atoms with Crippen molar-refractivity contribution in [1.82, 2.24) is 4.98 Å². The Hall–Kier alpha value is -0.370. The Bertz CT molecular complexity index is 319. The van der Waals surface area contributed by atoms with Crippen LogP contribution in [0.3, 0.4) is 0 Å². The van der Waals surface area contributed by atoms with Crippen molar-refractivity contribution in [2.45, 2.75) is 13.0 Å². The van der Waals surface area contributed by atoms with Crippen molar-refractivity contribution in [2.24, 2.45) is 0 Å². The molecule has 6 heteroatoms. The summed E-state index contributed by atoms with van der Waals surface area (Å²) in [5.74, 6) is -0.839. The van der Waals surface area contributed by atoms with Crippen LogP contribution in [0.1, 0.15) is 17.6 Å². The van der Waals surface area contributed by atoms with Crippen LogP contribution in [0.4, 0.5) is 13.2 Å². The molecule has 0 spiro atoms. The monoisotopic (exact) mass is 303 g/mol. The highest BCUT2D eigenvalue weighted by molar-refractivity contribution is 14.1. The Kier molecular flexibility index (Phi) is 3.48. The van der Waals surface area contributed by atoms with E-state index in [1.54, 1.807) is 0 Å². The maximum Gasteiger partial charge on any atom is 0.265 e. The van der Waals surface area contributed by atoms with Crippen LogP contribution in [-0.2, 0) is 6.61 Å². The van der Waals surface area contributed by atoms with E-state index in [0.717, 1.165) is 6.20 Å². The fourth-order valence-corrected chi connectivity index (χ4v) is 1.48. The molecule has 0 amide bonds. The van der Waals surface area contributed by atoms with Crippen molar-refractivity contribution in [1.29, 1.82) is 0 Å². The zero-order valence-corrected chi connectivity index (χ0v) is 8.43. The minimum atomic E-state index is -2.75. The average molecular weight is 303 g/mol. The second kappa shape index (κ2) is 4.23. The Balaban J connectivity index is 3.30. The van der Waals surface area contributed by atoms with E-state index < -0.39 is 24.5 Å². The second-order valence-electron chi connectivity index (χ2n) is 2.26. The second-order valence-corrected chi connectivity index (χ2v) is 3.33. The van der Waals surface area contributed by atoms with Crippen molar-refractivity contribution in [3.63, 3.8) is 0 Å². The summed E-state index contributed by atoms with van der Waals surface area (Å²) >= 11 is 1.53. The van der Waals surface area contributed by atoms with E-state index >= 15 is 0 Å². The molecule has 13 heavy (non-hydrogen) atoms. The minimum absolute atomic E-state index is 0.0575. The molecule has 0 fully saturated rings. The van der Waals surface area contributed by atoms with Crippen molar-refractivity contribution >= 4 is 22.6 Å². The Morgan fingerprint density at radius 3 is 2.62 bits per heavy atom. The average Bonchev–Trinajstić information content (AvgIpc) is 2.09. The standard InChI is InChI=1S/C7H5F3INO/c8-6(9)3-1-12-7(10)5(11)4(3)2-13/h1,6,13H,2H2. The van der Waals surface area contributed by atoms with E-state index in [-0.39, 0.29) is 9.13 Å². The fraction of sp³-hybridized carbons (Fsp3) is 0.286. The third-order valence-electron chi connectivity index (χ3n) is 1.50. The fourth-order valence-electron chi connectivity index (χ4n) is 0.861. The number of aliphatic hydroxyl groups excluding tert-OH is 1. The van der Waals surface area contributed by atoms with Gasteiger partial charge in [0.05, 0.1) is 10.2 Å². The molecule has 72 valence electrons. The number of rotatable bonds is 2. The van der Waals surface area contributed by atoms with Gasteiger partial charge < -0.3 is 5.11 Å². The first-order chi connectivity index (χ1) is 6.07. The third kappa shape index (κ3) is 2.11. The molecule has 2 nitrogen and oxygen atoms in total. The van der Waals surface area contributed by atoms with Crippen LogP contribution in [0, 0.1) is 9.52 Å². The summed E-state index contributed by atoms with van der Waals surface area (Å²) in [6, 6.07) is 0. The summed E-state index contributed by atoms with van der Waals surface area (Å²) in [5, 5.41) is 8.74. The van der Waals surface area contributed by atoms with Gasteiger partial charge in [0.15, 0.2) is 0 Å². The van der Waals surface area contributed by atoms with E-state index in [2.05, 4.69) is 4.98 Å². The molecule has 0 radical (unpaired) electrons. The summed E-state index contributed by atoms with van der Waals surface area (Å²) in [5.41, 5.74) is -0.517. The van der Waals surface area contributed by atoms with Gasteiger partial charge >= 0.3 is 0 Å². The lowest BCUT2D eigenvalue weighted by Gasteiger charge is -2.07. The smallest absolute Gasteiger partial charge is 0.265 e. The molecule has 0 aromatic carbocycles. The van der Waals surface area contributed by atoms with Crippen molar-refractivity contribution in [3.05, 3.63) is 26.8 Å². The molecule has 0 saturated heterocycles. The highest BCUT2D eigenvalue weighted by Crippen LogP contribution is 2.26. The van der Waals surface area contributed by atoms with Gasteiger partial charge in [0.2, 0.25) is 5.95 Å². The third-order valence-corrected chi connectivity index (χ3v) is 2.60. The van der Waals surface area contributed by atoms with Crippen LogP contribution in [0.25, 0.3) is 0 Å². The van der Waals surface area contributed by atoms with Crippen molar-refractivity contribution in [2.75, 3.05) is 0 Å². The number of pyridine rings is 1. The summed E-state index contributed by atoms with van der Waals surface area (Å²) in [6.07, 6.45) is -2.00. The highest BCUT2D eigenvalue weighted by Gasteiger charge is 2.18. The first-order valence-corrected chi connectivity index (χ1v) is 4.37. The number of hydrogen-bond donors (Lipinski definition) is 1. The molecule has 1 N–H and O–H groups in total. The molecular weight excluding hydrogens is 298 g/mol. The van der Waals surface area contributed by atoms with Crippen LogP contribution in [-0.4, -0.2) is 10.1 Å². The van der Waals surface area contributed by atoms with E-state index in [0.29, 0.717) is 0 Å². The Morgan fingerprint density at radius 2 is 2.15 bits per heavy atom. The SMILES string of the molecule is OCc1c(C(F)F)cnc(F)c1I. The van der Waals surface area contributed by atoms with Crippen LogP contribution < -0.4 is 0 Å². The molecule has 1 rings (SSSR count). The lowest BCUT2D eigenvalue weighted by molar-refractivity contribution is 0.146. The molecule has 0 aliphatic carbocycles. The molecule has 0 atom stereocenters. The van der Waals surface area contributed by atoms with Crippen molar-refractivity contribution in [3.8, 4) is 0 Å². The molecule has 0 aliphatic heterocycles. The molecule has 0 bridgehead atoms. The summed E-state index contributed by atoms with van der Waals surface area (Å²) in [4.78, 5) is 3.14. The zero-order chi connectivity index (χ0) is 10.0. The van der Waals surface area contributed by atoms with Gasteiger partial charge in [0, 0.05) is 17.3 Å². The number of aliphatic hydroxyl groups is 1. The van der Waals surface area contributed by atoms with Crippen LogP contribution >= 0.6 is 22.6 Å². The van der Waals surface area contributed by atoms with Gasteiger partial charge in [0.1, 0.15) is 0 Å². The maximum atomic E-state index is 12.7. The van der Waals surface area contributed by atoms with Crippen LogP contribution in [0.15, 0.2) is 6.20 Å². The number of halogens is 4. The first kappa shape index (κ1) is 10.7. The zero-order valence-electron chi connectivity index (χ0n) is 6.27.